The van der Waals surface area contributed by atoms with Crippen LogP contribution in [0.3, 0.4) is 0 Å². The van der Waals surface area contributed by atoms with E-state index in [1.807, 2.05) is 30.3 Å². The second-order valence-electron chi connectivity index (χ2n) is 5.25. The van der Waals surface area contributed by atoms with Crippen LogP contribution in [0.4, 0.5) is 0 Å². The third-order valence-corrected chi connectivity index (χ3v) is 3.92. The van der Waals surface area contributed by atoms with E-state index in [0.29, 0.717) is 13.0 Å². The topological polar surface area (TPSA) is 87.0 Å². The molecule has 1 aliphatic carbocycles. The van der Waals surface area contributed by atoms with Crippen LogP contribution in [0.25, 0.3) is 0 Å². The van der Waals surface area contributed by atoms with Gasteiger partial charge in [-0.1, -0.05) is 30.3 Å². The van der Waals surface area contributed by atoms with E-state index in [4.69, 9.17) is 9.84 Å². The lowest BCUT2D eigenvalue weighted by Crippen LogP contribution is -2.28. The Morgan fingerprint density at radius 3 is 2.55 bits per heavy atom. The first-order valence-electron chi connectivity index (χ1n) is 6.78. The minimum Gasteiger partial charge on any atom is -0.481 e. The second-order valence-corrected chi connectivity index (χ2v) is 5.25. The number of aliphatic hydroxyl groups excluding tert-OH is 2. The molecule has 0 aromatic heterocycles. The number of hydrogen-bond acceptors (Lipinski definition) is 4. The molecule has 2 rings (SSSR count). The zero-order valence-corrected chi connectivity index (χ0v) is 11.2. The Hall–Kier alpha value is -1.43. The molecule has 20 heavy (non-hydrogen) atoms. The van der Waals surface area contributed by atoms with E-state index in [9.17, 15) is 15.0 Å². The SMILES string of the molecule is O=C(O)CC1C(O)CC(OCc2ccccc2)C1CO. The van der Waals surface area contributed by atoms with E-state index in [2.05, 4.69) is 0 Å². The van der Waals surface area contributed by atoms with E-state index in [-0.39, 0.29) is 25.0 Å². The number of carboxylic acids is 1. The number of benzene rings is 1. The molecule has 1 aliphatic rings. The van der Waals surface area contributed by atoms with E-state index >= 15 is 0 Å². The van der Waals surface area contributed by atoms with Crippen molar-refractivity contribution in [2.75, 3.05) is 6.61 Å². The van der Waals surface area contributed by atoms with Gasteiger partial charge in [0.05, 0.1) is 25.2 Å². The van der Waals surface area contributed by atoms with Gasteiger partial charge in [-0.3, -0.25) is 4.79 Å². The van der Waals surface area contributed by atoms with Gasteiger partial charge in [0.1, 0.15) is 0 Å². The maximum Gasteiger partial charge on any atom is 0.303 e. The molecule has 0 heterocycles. The zero-order chi connectivity index (χ0) is 14.5. The summed E-state index contributed by atoms with van der Waals surface area (Å²) in [7, 11) is 0. The highest BCUT2D eigenvalue weighted by Gasteiger charge is 2.43. The van der Waals surface area contributed by atoms with Gasteiger partial charge in [-0.2, -0.15) is 0 Å². The molecule has 4 atom stereocenters. The van der Waals surface area contributed by atoms with Crippen molar-refractivity contribution in [3.8, 4) is 0 Å². The third kappa shape index (κ3) is 3.56. The molecule has 0 spiro atoms. The summed E-state index contributed by atoms with van der Waals surface area (Å²) in [5.74, 6) is -1.74. The fourth-order valence-electron chi connectivity index (χ4n) is 2.86. The predicted molar refractivity (Wildman–Crippen MR) is 72.0 cm³/mol. The van der Waals surface area contributed by atoms with Crippen molar-refractivity contribution in [3.63, 3.8) is 0 Å². The van der Waals surface area contributed by atoms with E-state index in [0.717, 1.165) is 5.56 Å². The average Bonchev–Trinajstić information content (AvgIpc) is 2.73. The van der Waals surface area contributed by atoms with Crippen LogP contribution in [0.15, 0.2) is 30.3 Å². The van der Waals surface area contributed by atoms with Gasteiger partial charge in [0.2, 0.25) is 0 Å². The normalized spacial score (nSPS) is 29.5. The van der Waals surface area contributed by atoms with Crippen LogP contribution in [0.1, 0.15) is 18.4 Å². The van der Waals surface area contributed by atoms with Crippen molar-refractivity contribution < 1.29 is 24.9 Å². The van der Waals surface area contributed by atoms with Crippen molar-refractivity contribution in [3.05, 3.63) is 35.9 Å². The van der Waals surface area contributed by atoms with Crippen LogP contribution in [0.5, 0.6) is 0 Å². The molecule has 0 saturated heterocycles. The lowest BCUT2D eigenvalue weighted by atomic mass is 9.91. The van der Waals surface area contributed by atoms with Crippen molar-refractivity contribution >= 4 is 5.97 Å². The zero-order valence-electron chi connectivity index (χ0n) is 11.2. The van der Waals surface area contributed by atoms with Crippen molar-refractivity contribution in [1.29, 1.82) is 0 Å². The molecular formula is C15H20O5. The minimum atomic E-state index is -0.962. The summed E-state index contributed by atoms with van der Waals surface area (Å²) >= 11 is 0. The second kappa shape index (κ2) is 6.83. The summed E-state index contributed by atoms with van der Waals surface area (Å²) in [6.07, 6.45) is -0.809. The number of carboxylic acid groups (broad SMARTS) is 1. The van der Waals surface area contributed by atoms with Crippen LogP contribution in [-0.4, -0.2) is 40.1 Å². The lowest BCUT2D eigenvalue weighted by molar-refractivity contribution is -0.139. The number of carbonyl (C=O) groups is 1. The van der Waals surface area contributed by atoms with Gasteiger partial charge >= 0.3 is 5.97 Å². The molecule has 1 aromatic rings. The summed E-state index contributed by atoms with van der Waals surface area (Å²) in [5.41, 5.74) is 1.01. The molecule has 5 nitrogen and oxygen atoms in total. The van der Waals surface area contributed by atoms with Crippen LogP contribution in [0.2, 0.25) is 0 Å². The van der Waals surface area contributed by atoms with Gasteiger partial charge < -0.3 is 20.1 Å². The fraction of sp³-hybridized carbons (Fsp3) is 0.533. The maximum atomic E-state index is 10.8. The summed E-state index contributed by atoms with van der Waals surface area (Å²) in [4.78, 5) is 10.8. The molecule has 1 fully saturated rings. The molecule has 5 heteroatoms. The number of aliphatic hydroxyl groups is 2. The van der Waals surface area contributed by atoms with Gasteiger partial charge in [0.25, 0.3) is 0 Å². The standard InChI is InChI=1S/C15H20O5/c16-8-12-11(6-15(18)19)13(17)7-14(12)20-9-10-4-2-1-3-5-10/h1-5,11-14,16-17H,6-9H2,(H,18,19). The smallest absolute Gasteiger partial charge is 0.303 e. The first-order chi connectivity index (χ1) is 9.61. The first kappa shape index (κ1) is 15.0. The van der Waals surface area contributed by atoms with E-state index in [1.165, 1.54) is 0 Å². The largest absolute Gasteiger partial charge is 0.481 e. The molecule has 3 N–H and O–H groups in total. The number of ether oxygens (including phenoxy) is 1. The maximum absolute atomic E-state index is 10.8. The Labute approximate surface area is 117 Å². The fourth-order valence-corrected chi connectivity index (χ4v) is 2.86. The highest BCUT2D eigenvalue weighted by molar-refractivity contribution is 5.67. The number of aliphatic carboxylic acids is 1. The van der Waals surface area contributed by atoms with Crippen molar-refractivity contribution in [2.24, 2.45) is 11.8 Å². The first-order valence-corrected chi connectivity index (χ1v) is 6.78. The molecular weight excluding hydrogens is 260 g/mol. The van der Waals surface area contributed by atoms with E-state index < -0.39 is 18.0 Å². The van der Waals surface area contributed by atoms with Gasteiger partial charge in [0.15, 0.2) is 0 Å². The average molecular weight is 280 g/mol. The van der Waals surface area contributed by atoms with Gasteiger partial charge in [-0.25, -0.2) is 0 Å². The van der Waals surface area contributed by atoms with Crippen LogP contribution in [0, 0.1) is 11.8 Å². The monoisotopic (exact) mass is 280 g/mol. The Balaban J connectivity index is 1.96. The Kier molecular flexibility index (Phi) is 5.11. The van der Waals surface area contributed by atoms with Gasteiger partial charge in [0, 0.05) is 24.9 Å². The van der Waals surface area contributed by atoms with Crippen LogP contribution in [-0.2, 0) is 16.1 Å². The summed E-state index contributed by atoms with van der Waals surface area (Å²) in [5, 5.41) is 28.3. The molecule has 0 radical (unpaired) electrons. The predicted octanol–water partition coefficient (Wildman–Crippen LogP) is 1.04. The third-order valence-electron chi connectivity index (χ3n) is 3.92. The Morgan fingerprint density at radius 2 is 1.95 bits per heavy atom. The minimum absolute atomic E-state index is 0.141. The molecule has 0 bridgehead atoms. The van der Waals surface area contributed by atoms with Crippen LogP contribution >= 0.6 is 0 Å². The highest BCUT2D eigenvalue weighted by Crippen LogP contribution is 2.36. The van der Waals surface area contributed by atoms with E-state index in [1.54, 1.807) is 0 Å². The number of rotatable bonds is 6. The molecule has 4 unspecified atom stereocenters. The molecule has 1 aromatic carbocycles. The summed E-state index contributed by atoms with van der Waals surface area (Å²) in [6.45, 7) is 0.225. The highest BCUT2D eigenvalue weighted by atomic mass is 16.5. The summed E-state index contributed by atoms with van der Waals surface area (Å²) < 4.78 is 5.76. The molecule has 110 valence electrons. The van der Waals surface area contributed by atoms with Gasteiger partial charge in [-0.15, -0.1) is 0 Å². The van der Waals surface area contributed by atoms with Crippen molar-refractivity contribution in [1.82, 2.24) is 0 Å². The quantitative estimate of drug-likeness (QED) is 0.724. The van der Waals surface area contributed by atoms with Crippen molar-refractivity contribution in [2.45, 2.75) is 31.7 Å². The van der Waals surface area contributed by atoms with Gasteiger partial charge in [-0.05, 0) is 5.56 Å². The summed E-state index contributed by atoms with van der Waals surface area (Å²) in [6, 6.07) is 9.63. The molecule has 1 saturated carbocycles. The lowest BCUT2D eigenvalue weighted by Gasteiger charge is -2.22. The molecule has 0 amide bonds. The van der Waals surface area contributed by atoms with Crippen LogP contribution < -0.4 is 0 Å². The number of hydrogen-bond donors (Lipinski definition) is 3. The Morgan fingerprint density at radius 1 is 1.25 bits per heavy atom. The molecule has 0 aliphatic heterocycles. The Bertz CT molecular complexity index is 433.